The number of fused-ring (bicyclic) bond motifs is 1. The number of carbonyl (C=O) groups excluding carboxylic acids is 1. The van der Waals surface area contributed by atoms with Gasteiger partial charge in [-0.1, -0.05) is 30.3 Å². The Labute approximate surface area is 156 Å². The molecule has 2 aromatic heterocycles. The molecule has 0 saturated carbocycles. The Balaban J connectivity index is 1.49. The van der Waals surface area contributed by atoms with Crippen LogP contribution in [0.15, 0.2) is 59.5 Å². The lowest BCUT2D eigenvalue weighted by Gasteiger charge is -2.31. The number of rotatable bonds is 4. The summed E-state index contributed by atoms with van der Waals surface area (Å²) in [6.07, 6.45) is 2.74. The zero-order valence-corrected chi connectivity index (χ0v) is 14.7. The first kappa shape index (κ1) is 17.0. The van der Waals surface area contributed by atoms with Gasteiger partial charge in [-0.25, -0.2) is 10.1 Å². The van der Waals surface area contributed by atoms with Crippen molar-refractivity contribution in [1.29, 1.82) is 0 Å². The summed E-state index contributed by atoms with van der Waals surface area (Å²) in [4.78, 5) is 30.1. The van der Waals surface area contributed by atoms with Gasteiger partial charge in [0.2, 0.25) is 0 Å². The van der Waals surface area contributed by atoms with Gasteiger partial charge in [-0.15, -0.1) is 0 Å². The minimum absolute atomic E-state index is 0.173. The van der Waals surface area contributed by atoms with Crippen LogP contribution >= 0.6 is 0 Å². The molecule has 0 bridgehead atoms. The molecule has 0 spiro atoms. The number of nitrogens with zero attached hydrogens (tertiary/aromatic N) is 3. The lowest BCUT2D eigenvalue weighted by molar-refractivity contribution is 0.0945. The Morgan fingerprint density at radius 3 is 2.78 bits per heavy atom. The smallest absolute Gasteiger partial charge is 0.271 e. The van der Waals surface area contributed by atoms with Crippen molar-refractivity contribution in [1.82, 2.24) is 20.5 Å². The third-order valence-corrected chi connectivity index (χ3v) is 4.65. The molecule has 3 heterocycles. The van der Waals surface area contributed by atoms with Crippen molar-refractivity contribution in [2.75, 3.05) is 11.4 Å². The minimum Gasteiger partial charge on any atom is -0.352 e. The first-order valence-corrected chi connectivity index (χ1v) is 8.80. The summed E-state index contributed by atoms with van der Waals surface area (Å²) in [6.45, 7) is 2.02. The van der Waals surface area contributed by atoms with Gasteiger partial charge >= 0.3 is 0 Å². The number of pyridine rings is 1. The van der Waals surface area contributed by atoms with Gasteiger partial charge in [0.15, 0.2) is 0 Å². The highest BCUT2D eigenvalue weighted by atomic mass is 16.2. The van der Waals surface area contributed by atoms with Gasteiger partial charge in [0.05, 0.1) is 0 Å². The first-order valence-electron chi connectivity index (χ1n) is 8.80. The van der Waals surface area contributed by atoms with Crippen molar-refractivity contribution in [2.24, 2.45) is 0 Å². The average molecular weight is 361 g/mol. The summed E-state index contributed by atoms with van der Waals surface area (Å²) < 4.78 is 0. The fourth-order valence-electron chi connectivity index (χ4n) is 3.27. The standard InChI is InChI=1S/C20H19N5O2/c26-18-8-7-17(23-24-18)20(27)22-12-15-6-3-10-21-19(15)25-11-9-14-4-1-2-5-16(14)13-25/h1-8,10H,9,11-13H2,(H,22,27)(H,24,26). The molecule has 0 aliphatic carbocycles. The number of H-pyrrole nitrogens is 1. The van der Waals surface area contributed by atoms with Crippen molar-refractivity contribution >= 4 is 11.7 Å². The molecule has 7 heteroatoms. The maximum Gasteiger partial charge on any atom is 0.271 e. The van der Waals surface area contributed by atoms with Gasteiger partial charge in [-0.05, 0) is 29.7 Å². The molecule has 7 nitrogen and oxygen atoms in total. The van der Waals surface area contributed by atoms with Crippen LogP contribution in [0.25, 0.3) is 0 Å². The van der Waals surface area contributed by atoms with Crippen LogP contribution in [-0.4, -0.2) is 27.6 Å². The zero-order chi connectivity index (χ0) is 18.6. The van der Waals surface area contributed by atoms with Crippen LogP contribution < -0.4 is 15.8 Å². The van der Waals surface area contributed by atoms with Crippen LogP contribution in [0.4, 0.5) is 5.82 Å². The third kappa shape index (κ3) is 3.72. The van der Waals surface area contributed by atoms with Crippen molar-refractivity contribution in [3.05, 3.63) is 87.5 Å². The van der Waals surface area contributed by atoms with Crippen molar-refractivity contribution < 1.29 is 4.79 Å². The molecule has 1 aliphatic heterocycles. The van der Waals surface area contributed by atoms with Crippen molar-refractivity contribution in [2.45, 2.75) is 19.5 Å². The van der Waals surface area contributed by atoms with E-state index in [0.29, 0.717) is 6.54 Å². The molecule has 2 N–H and O–H groups in total. The van der Waals surface area contributed by atoms with E-state index >= 15 is 0 Å². The van der Waals surface area contributed by atoms with E-state index < -0.39 is 0 Å². The van der Waals surface area contributed by atoms with E-state index in [-0.39, 0.29) is 17.2 Å². The molecular weight excluding hydrogens is 342 g/mol. The number of aromatic nitrogens is 3. The molecule has 136 valence electrons. The summed E-state index contributed by atoms with van der Waals surface area (Å²) >= 11 is 0. The van der Waals surface area contributed by atoms with E-state index in [0.717, 1.165) is 30.9 Å². The Kier molecular flexibility index (Phi) is 4.65. The second-order valence-corrected chi connectivity index (χ2v) is 6.42. The lowest BCUT2D eigenvalue weighted by Crippen LogP contribution is -2.33. The molecular formula is C20H19N5O2. The van der Waals surface area contributed by atoms with Crippen LogP contribution in [0.2, 0.25) is 0 Å². The van der Waals surface area contributed by atoms with E-state index in [1.807, 2.05) is 12.1 Å². The van der Waals surface area contributed by atoms with Crippen molar-refractivity contribution in [3.8, 4) is 0 Å². The van der Waals surface area contributed by atoms with Crippen LogP contribution in [0.1, 0.15) is 27.2 Å². The minimum atomic E-state index is -0.343. The Bertz CT molecular complexity index is 1010. The highest BCUT2D eigenvalue weighted by molar-refractivity contribution is 5.92. The monoisotopic (exact) mass is 361 g/mol. The molecule has 0 saturated heterocycles. The van der Waals surface area contributed by atoms with E-state index in [2.05, 4.69) is 49.7 Å². The summed E-state index contributed by atoms with van der Waals surface area (Å²) in [5, 5.41) is 8.86. The number of anilines is 1. The van der Waals surface area contributed by atoms with Gasteiger partial charge in [-0.2, -0.15) is 5.10 Å². The normalized spacial score (nSPS) is 13.1. The number of benzene rings is 1. The van der Waals surface area contributed by atoms with Gasteiger partial charge in [-0.3, -0.25) is 9.59 Å². The van der Waals surface area contributed by atoms with E-state index in [9.17, 15) is 9.59 Å². The van der Waals surface area contributed by atoms with E-state index in [4.69, 9.17) is 0 Å². The van der Waals surface area contributed by atoms with Crippen LogP contribution in [0.3, 0.4) is 0 Å². The van der Waals surface area contributed by atoms with Crippen LogP contribution in [-0.2, 0) is 19.5 Å². The summed E-state index contributed by atoms with van der Waals surface area (Å²) in [5.41, 5.74) is 3.46. The fourth-order valence-corrected chi connectivity index (χ4v) is 3.27. The predicted molar refractivity (Wildman–Crippen MR) is 101 cm³/mol. The molecule has 1 aliphatic rings. The molecule has 4 rings (SSSR count). The van der Waals surface area contributed by atoms with Gasteiger partial charge < -0.3 is 10.2 Å². The van der Waals surface area contributed by atoms with Crippen LogP contribution in [0.5, 0.6) is 0 Å². The zero-order valence-electron chi connectivity index (χ0n) is 14.7. The number of hydrogen-bond donors (Lipinski definition) is 2. The highest BCUT2D eigenvalue weighted by Gasteiger charge is 2.19. The third-order valence-electron chi connectivity index (χ3n) is 4.65. The second-order valence-electron chi connectivity index (χ2n) is 6.42. The molecule has 0 unspecified atom stereocenters. The van der Waals surface area contributed by atoms with Gasteiger partial charge in [0, 0.05) is 37.5 Å². The van der Waals surface area contributed by atoms with Crippen LogP contribution in [0, 0.1) is 0 Å². The first-order chi connectivity index (χ1) is 13.2. The summed E-state index contributed by atoms with van der Waals surface area (Å²) in [7, 11) is 0. The highest BCUT2D eigenvalue weighted by Crippen LogP contribution is 2.25. The average Bonchev–Trinajstić information content (AvgIpc) is 2.72. The van der Waals surface area contributed by atoms with E-state index in [1.165, 1.54) is 23.3 Å². The number of aromatic amines is 1. The quantitative estimate of drug-likeness (QED) is 0.737. The maximum absolute atomic E-state index is 12.3. The SMILES string of the molecule is O=C(NCc1cccnc1N1CCc2ccccc2C1)c1ccc(=O)[nH]n1. The Morgan fingerprint density at radius 2 is 1.96 bits per heavy atom. The largest absolute Gasteiger partial charge is 0.352 e. The molecule has 0 fully saturated rings. The number of nitrogens with one attached hydrogen (secondary N) is 2. The second kappa shape index (κ2) is 7.41. The topological polar surface area (TPSA) is 91.0 Å². The molecule has 3 aromatic rings. The Morgan fingerprint density at radius 1 is 1.11 bits per heavy atom. The van der Waals surface area contributed by atoms with E-state index in [1.54, 1.807) is 6.20 Å². The summed E-state index contributed by atoms with van der Waals surface area (Å²) in [6, 6.07) is 14.9. The van der Waals surface area contributed by atoms with Crippen molar-refractivity contribution in [3.63, 3.8) is 0 Å². The molecule has 0 atom stereocenters. The predicted octanol–water partition coefficient (Wildman–Crippen LogP) is 1.66. The molecule has 27 heavy (non-hydrogen) atoms. The molecule has 1 aromatic carbocycles. The number of hydrogen-bond acceptors (Lipinski definition) is 5. The molecule has 1 amide bonds. The Hall–Kier alpha value is -3.48. The van der Waals surface area contributed by atoms with Gasteiger partial charge in [0.25, 0.3) is 11.5 Å². The fraction of sp³-hybridized carbons (Fsp3) is 0.200. The maximum atomic E-state index is 12.3. The lowest BCUT2D eigenvalue weighted by atomic mass is 9.99. The molecule has 0 radical (unpaired) electrons. The van der Waals surface area contributed by atoms with Gasteiger partial charge in [0.1, 0.15) is 11.5 Å². The summed E-state index contributed by atoms with van der Waals surface area (Å²) in [5.74, 6) is 0.534. The number of amides is 1. The number of carbonyl (C=O) groups is 1.